The lowest BCUT2D eigenvalue weighted by Gasteiger charge is -2.30. The van der Waals surface area contributed by atoms with E-state index in [4.69, 9.17) is 0 Å². The van der Waals surface area contributed by atoms with Gasteiger partial charge in [0, 0.05) is 30.4 Å². The first kappa shape index (κ1) is 16.4. The second kappa shape index (κ2) is 6.98. The van der Waals surface area contributed by atoms with Crippen LogP contribution in [0.1, 0.15) is 38.5 Å². The molecule has 0 saturated heterocycles. The van der Waals surface area contributed by atoms with Gasteiger partial charge in [-0.2, -0.15) is 0 Å². The van der Waals surface area contributed by atoms with Crippen molar-refractivity contribution >= 4 is 21.1 Å². The number of hydrogen-bond donors (Lipinski definition) is 3. The van der Waals surface area contributed by atoms with Gasteiger partial charge in [-0.05, 0) is 37.3 Å². The molecule has 1 saturated carbocycles. The zero-order valence-electron chi connectivity index (χ0n) is 13.0. The van der Waals surface area contributed by atoms with E-state index in [0.29, 0.717) is 23.4 Å². The maximum atomic E-state index is 12.8. The summed E-state index contributed by atoms with van der Waals surface area (Å²) in [7, 11) is -3.65. The fourth-order valence-electron chi connectivity index (χ4n) is 3.48. The molecule has 0 aromatic carbocycles. The Hall–Kier alpha value is -1.44. The van der Waals surface area contributed by atoms with Crippen molar-refractivity contribution in [1.82, 2.24) is 14.7 Å². The number of aliphatic hydroxyl groups excluding tert-OH is 1. The summed E-state index contributed by atoms with van der Waals surface area (Å²) in [6, 6.07) is 3.25. The van der Waals surface area contributed by atoms with E-state index >= 15 is 0 Å². The number of rotatable bonds is 6. The van der Waals surface area contributed by atoms with Crippen LogP contribution in [0.5, 0.6) is 0 Å². The number of aromatic nitrogens is 2. The van der Waals surface area contributed by atoms with Crippen LogP contribution in [0.15, 0.2) is 29.4 Å². The summed E-state index contributed by atoms with van der Waals surface area (Å²) in [4.78, 5) is 7.25. The molecule has 7 heteroatoms. The number of nitrogens with zero attached hydrogens (tertiary/aromatic N) is 1. The minimum absolute atomic E-state index is 0.0148. The highest BCUT2D eigenvalue weighted by molar-refractivity contribution is 7.89. The molecule has 6 nitrogen and oxygen atoms in total. The first-order valence-corrected chi connectivity index (χ1v) is 9.65. The van der Waals surface area contributed by atoms with E-state index in [1.807, 2.05) is 0 Å². The summed E-state index contributed by atoms with van der Waals surface area (Å²) in [6.07, 6.45) is 9.06. The SMILES string of the molecule is O=S(=O)(NC(CCO)C1CCCCC1)c1c[nH]c2ncccc12. The lowest BCUT2D eigenvalue weighted by Crippen LogP contribution is -2.41. The third-order valence-electron chi connectivity index (χ3n) is 4.67. The van der Waals surface area contributed by atoms with Crippen LogP contribution in [0.4, 0.5) is 0 Å². The van der Waals surface area contributed by atoms with E-state index < -0.39 is 10.0 Å². The molecule has 0 spiro atoms. The van der Waals surface area contributed by atoms with Gasteiger partial charge in [0.15, 0.2) is 0 Å². The Labute approximate surface area is 136 Å². The van der Waals surface area contributed by atoms with Gasteiger partial charge in [-0.3, -0.25) is 0 Å². The van der Waals surface area contributed by atoms with E-state index in [9.17, 15) is 13.5 Å². The van der Waals surface area contributed by atoms with Crippen molar-refractivity contribution < 1.29 is 13.5 Å². The molecular weight excluding hydrogens is 314 g/mol. The summed E-state index contributed by atoms with van der Waals surface area (Å²) >= 11 is 0. The van der Waals surface area contributed by atoms with Gasteiger partial charge in [0.2, 0.25) is 10.0 Å². The van der Waals surface area contributed by atoms with Gasteiger partial charge in [0.1, 0.15) is 10.5 Å². The predicted octanol–water partition coefficient (Wildman–Crippen LogP) is 2.17. The Morgan fingerprint density at radius 1 is 1.35 bits per heavy atom. The Morgan fingerprint density at radius 3 is 2.87 bits per heavy atom. The van der Waals surface area contributed by atoms with Crippen molar-refractivity contribution in [3.05, 3.63) is 24.5 Å². The lowest BCUT2D eigenvalue weighted by molar-refractivity contribution is 0.221. The maximum Gasteiger partial charge on any atom is 0.243 e. The molecule has 1 fully saturated rings. The fourth-order valence-corrected chi connectivity index (χ4v) is 4.99. The van der Waals surface area contributed by atoms with E-state index in [2.05, 4.69) is 14.7 Å². The van der Waals surface area contributed by atoms with Gasteiger partial charge < -0.3 is 10.1 Å². The molecule has 0 radical (unpaired) electrons. The van der Waals surface area contributed by atoms with Crippen molar-refractivity contribution in [2.75, 3.05) is 6.61 Å². The zero-order chi connectivity index (χ0) is 16.3. The van der Waals surface area contributed by atoms with Gasteiger partial charge in [-0.15, -0.1) is 0 Å². The smallest absolute Gasteiger partial charge is 0.243 e. The third kappa shape index (κ3) is 3.57. The first-order chi connectivity index (χ1) is 11.1. The number of aliphatic hydroxyl groups is 1. The molecule has 1 atom stereocenters. The molecule has 1 aliphatic rings. The highest BCUT2D eigenvalue weighted by Gasteiger charge is 2.29. The minimum atomic E-state index is -3.65. The number of H-pyrrole nitrogens is 1. The number of hydrogen-bond acceptors (Lipinski definition) is 4. The average molecular weight is 337 g/mol. The molecule has 1 aliphatic carbocycles. The average Bonchev–Trinajstić information content (AvgIpc) is 3.00. The topological polar surface area (TPSA) is 95.1 Å². The standard InChI is InChI=1S/C16H23N3O3S/c20-10-8-14(12-5-2-1-3-6-12)19-23(21,22)15-11-18-16-13(15)7-4-9-17-16/h4,7,9,11-12,14,19-20H,1-3,5-6,8,10H2,(H,17,18). The van der Waals surface area contributed by atoms with Crippen LogP contribution in [0.3, 0.4) is 0 Å². The quantitative estimate of drug-likeness (QED) is 0.753. The largest absolute Gasteiger partial charge is 0.396 e. The van der Waals surface area contributed by atoms with Crippen molar-refractivity contribution in [2.24, 2.45) is 5.92 Å². The van der Waals surface area contributed by atoms with Crippen LogP contribution in [0, 0.1) is 5.92 Å². The van der Waals surface area contributed by atoms with Crippen molar-refractivity contribution in [3.8, 4) is 0 Å². The number of aromatic amines is 1. The number of sulfonamides is 1. The molecule has 2 aromatic rings. The van der Waals surface area contributed by atoms with E-state index in [-0.39, 0.29) is 17.5 Å². The van der Waals surface area contributed by atoms with Crippen molar-refractivity contribution in [3.63, 3.8) is 0 Å². The van der Waals surface area contributed by atoms with E-state index in [0.717, 1.165) is 25.7 Å². The molecule has 3 rings (SSSR count). The summed E-state index contributed by atoms with van der Waals surface area (Å²) in [5.41, 5.74) is 0.559. The maximum absolute atomic E-state index is 12.8. The van der Waals surface area contributed by atoms with Crippen LogP contribution < -0.4 is 4.72 Å². The Bertz CT molecular complexity index is 751. The second-order valence-corrected chi connectivity index (χ2v) is 7.87. The molecule has 3 N–H and O–H groups in total. The number of nitrogens with one attached hydrogen (secondary N) is 2. The van der Waals surface area contributed by atoms with Crippen LogP contribution in [-0.4, -0.2) is 36.1 Å². The molecule has 23 heavy (non-hydrogen) atoms. The molecule has 0 bridgehead atoms. The Morgan fingerprint density at radius 2 is 2.13 bits per heavy atom. The third-order valence-corrected chi connectivity index (χ3v) is 6.20. The Balaban J connectivity index is 1.85. The van der Waals surface area contributed by atoms with Crippen LogP contribution in [0.25, 0.3) is 11.0 Å². The van der Waals surface area contributed by atoms with Gasteiger partial charge in [-0.1, -0.05) is 19.3 Å². The molecule has 126 valence electrons. The molecule has 2 heterocycles. The molecular formula is C16H23N3O3S. The highest BCUT2D eigenvalue weighted by Crippen LogP contribution is 2.29. The predicted molar refractivity (Wildman–Crippen MR) is 88.5 cm³/mol. The fraction of sp³-hybridized carbons (Fsp3) is 0.562. The van der Waals surface area contributed by atoms with Crippen molar-refractivity contribution in [1.29, 1.82) is 0 Å². The molecule has 0 amide bonds. The van der Waals surface area contributed by atoms with Crippen molar-refractivity contribution in [2.45, 2.75) is 49.5 Å². The lowest BCUT2D eigenvalue weighted by atomic mass is 9.83. The summed E-state index contributed by atoms with van der Waals surface area (Å²) < 4.78 is 28.4. The van der Waals surface area contributed by atoms with Gasteiger partial charge >= 0.3 is 0 Å². The van der Waals surface area contributed by atoms with Gasteiger partial charge in [-0.25, -0.2) is 18.1 Å². The number of fused-ring (bicyclic) bond motifs is 1. The molecule has 1 unspecified atom stereocenters. The van der Waals surface area contributed by atoms with Crippen LogP contribution in [-0.2, 0) is 10.0 Å². The molecule has 0 aliphatic heterocycles. The monoisotopic (exact) mass is 337 g/mol. The summed E-state index contributed by atoms with van der Waals surface area (Å²) in [5.74, 6) is 0.300. The van der Waals surface area contributed by atoms with Crippen LogP contribution in [0.2, 0.25) is 0 Å². The molecule has 2 aromatic heterocycles. The summed E-state index contributed by atoms with van der Waals surface area (Å²) in [6.45, 7) is -0.0148. The van der Waals surface area contributed by atoms with E-state index in [1.165, 1.54) is 12.6 Å². The van der Waals surface area contributed by atoms with Gasteiger partial charge in [0.25, 0.3) is 0 Å². The van der Waals surface area contributed by atoms with E-state index in [1.54, 1.807) is 18.3 Å². The number of pyridine rings is 1. The summed E-state index contributed by atoms with van der Waals surface area (Å²) in [5, 5.41) is 9.90. The second-order valence-electron chi connectivity index (χ2n) is 6.19. The van der Waals surface area contributed by atoms with Crippen LogP contribution >= 0.6 is 0 Å². The highest BCUT2D eigenvalue weighted by atomic mass is 32.2. The van der Waals surface area contributed by atoms with Gasteiger partial charge in [0.05, 0.1) is 0 Å². The normalized spacial score (nSPS) is 18.3. The zero-order valence-corrected chi connectivity index (χ0v) is 13.8. The minimum Gasteiger partial charge on any atom is -0.396 e. The first-order valence-electron chi connectivity index (χ1n) is 8.17. The Kier molecular flexibility index (Phi) is 4.99.